The fourth-order valence-corrected chi connectivity index (χ4v) is 2.21. The number of carbonyl (C=O) groups excluding carboxylic acids is 2. The highest BCUT2D eigenvalue weighted by Crippen LogP contribution is 2.32. The van der Waals surface area contributed by atoms with Gasteiger partial charge in [-0.3, -0.25) is 9.59 Å². The third-order valence-electron chi connectivity index (χ3n) is 3.28. The van der Waals surface area contributed by atoms with Crippen LogP contribution in [0.1, 0.15) is 10.4 Å². The Labute approximate surface area is 109 Å². The summed E-state index contributed by atoms with van der Waals surface area (Å²) in [5.41, 5.74) is 2.60. The van der Waals surface area contributed by atoms with Crippen molar-refractivity contribution in [3.63, 3.8) is 0 Å². The second-order valence-corrected chi connectivity index (χ2v) is 4.43. The summed E-state index contributed by atoms with van der Waals surface area (Å²) in [6.07, 6.45) is 0. The zero-order valence-corrected chi connectivity index (χ0v) is 10.2. The summed E-state index contributed by atoms with van der Waals surface area (Å²) in [6, 6.07) is 11.2. The smallest absolute Gasteiger partial charge is 0.299 e. The van der Waals surface area contributed by atoms with Crippen LogP contribution >= 0.6 is 0 Å². The lowest BCUT2D eigenvalue weighted by Crippen LogP contribution is -2.24. The van der Waals surface area contributed by atoms with Crippen molar-refractivity contribution in [2.75, 3.05) is 11.9 Å². The van der Waals surface area contributed by atoms with Crippen molar-refractivity contribution in [2.45, 2.75) is 0 Å². The van der Waals surface area contributed by atoms with E-state index in [0.717, 1.165) is 11.1 Å². The fourth-order valence-electron chi connectivity index (χ4n) is 2.21. The van der Waals surface area contributed by atoms with Crippen molar-refractivity contribution in [1.29, 1.82) is 0 Å². The van der Waals surface area contributed by atoms with Gasteiger partial charge in [0.25, 0.3) is 11.7 Å². The first-order valence-corrected chi connectivity index (χ1v) is 5.80. The Morgan fingerprint density at radius 1 is 0.947 bits per heavy atom. The standard InChI is InChI=1S/C15H10FNO2/c1-17-13-7-4-10(8-12(13)14(18)15(17)19)9-2-5-11(16)6-3-9/h2-8H,1H3. The van der Waals surface area contributed by atoms with Crippen molar-refractivity contribution < 1.29 is 14.0 Å². The molecule has 2 aromatic rings. The number of carbonyl (C=O) groups is 2. The normalized spacial score (nSPS) is 13.9. The third kappa shape index (κ3) is 1.73. The topological polar surface area (TPSA) is 37.4 Å². The van der Waals surface area contributed by atoms with Crippen molar-refractivity contribution in [3.8, 4) is 11.1 Å². The number of Topliss-reactive ketones (excluding diaryl/α,β-unsaturated/α-hetero) is 1. The highest BCUT2D eigenvalue weighted by atomic mass is 19.1. The van der Waals surface area contributed by atoms with Gasteiger partial charge in [0.15, 0.2) is 0 Å². The number of benzene rings is 2. The molecule has 1 aliphatic heterocycles. The van der Waals surface area contributed by atoms with Crippen LogP contribution in [0.4, 0.5) is 10.1 Å². The molecule has 0 N–H and O–H groups in total. The summed E-state index contributed by atoms with van der Waals surface area (Å²) in [6.45, 7) is 0. The Morgan fingerprint density at radius 3 is 2.26 bits per heavy atom. The summed E-state index contributed by atoms with van der Waals surface area (Å²) in [7, 11) is 1.57. The van der Waals surface area contributed by atoms with Gasteiger partial charge in [-0.15, -0.1) is 0 Å². The van der Waals surface area contributed by atoms with E-state index in [4.69, 9.17) is 0 Å². The molecular formula is C15H10FNO2. The summed E-state index contributed by atoms with van der Waals surface area (Å²) in [5, 5.41) is 0. The van der Waals surface area contributed by atoms with Gasteiger partial charge in [0, 0.05) is 7.05 Å². The number of amides is 1. The number of nitrogens with zero attached hydrogens (tertiary/aromatic N) is 1. The SMILES string of the molecule is CN1C(=O)C(=O)c2cc(-c3ccc(F)cc3)ccc21. The first-order chi connectivity index (χ1) is 9.08. The minimum atomic E-state index is -0.522. The van der Waals surface area contributed by atoms with Crippen LogP contribution in [0.2, 0.25) is 0 Å². The summed E-state index contributed by atoms with van der Waals surface area (Å²) >= 11 is 0. The van der Waals surface area contributed by atoms with Gasteiger partial charge in [-0.2, -0.15) is 0 Å². The van der Waals surface area contributed by atoms with Crippen LogP contribution in [-0.2, 0) is 4.79 Å². The monoisotopic (exact) mass is 255 g/mol. The molecule has 0 fully saturated rings. The number of rotatable bonds is 1. The average molecular weight is 255 g/mol. The van der Waals surface area contributed by atoms with E-state index in [0.29, 0.717) is 11.3 Å². The molecule has 1 aliphatic rings. The zero-order chi connectivity index (χ0) is 13.6. The third-order valence-corrected chi connectivity index (χ3v) is 3.28. The molecule has 4 heteroatoms. The molecule has 0 aliphatic carbocycles. The molecular weight excluding hydrogens is 245 g/mol. The molecule has 1 amide bonds. The lowest BCUT2D eigenvalue weighted by atomic mass is 10.0. The molecule has 94 valence electrons. The molecule has 0 aromatic heterocycles. The molecule has 3 rings (SSSR count). The Bertz CT molecular complexity index is 692. The van der Waals surface area contributed by atoms with E-state index in [1.165, 1.54) is 17.0 Å². The van der Waals surface area contributed by atoms with Gasteiger partial charge in [-0.05, 0) is 35.4 Å². The second-order valence-electron chi connectivity index (χ2n) is 4.43. The molecule has 3 nitrogen and oxygen atoms in total. The van der Waals surface area contributed by atoms with Crippen molar-refractivity contribution in [1.82, 2.24) is 0 Å². The Kier molecular flexibility index (Phi) is 2.45. The summed E-state index contributed by atoms with van der Waals surface area (Å²) in [5.74, 6) is -1.33. The number of fused-ring (bicyclic) bond motifs is 1. The largest absolute Gasteiger partial charge is 0.308 e. The van der Waals surface area contributed by atoms with Gasteiger partial charge in [-0.1, -0.05) is 18.2 Å². The van der Waals surface area contributed by atoms with Crippen molar-refractivity contribution in [3.05, 3.63) is 53.8 Å². The minimum absolute atomic E-state index is 0.309. The number of halogens is 1. The lowest BCUT2D eigenvalue weighted by molar-refractivity contribution is -0.114. The van der Waals surface area contributed by atoms with E-state index in [2.05, 4.69) is 0 Å². The fraction of sp³-hybridized carbons (Fsp3) is 0.0667. The highest BCUT2D eigenvalue weighted by molar-refractivity contribution is 6.52. The van der Waals surface area contributed by atoms with Gasteiger partial charge >= 0.3 is 0 Å². The first kappa shape index (κ1) is 11.6. The molecule has 0 saturated heterocycles. The Morgan fingerprint density at radius 2 is 1.58 bits per heavy atom. The zero-order valence-electron chi connectivity index (χ0n) is 10.2. The predicted molar refractivity (Wildman–Crippen MR) is 69.6 cm³/mol. The maximum absolute atomic E-state index is 12.9. The molecule has 19 heavy (non-hydrogen) atoms. The number of hydrogen-bond acceptors (Lipinski definition) is 2. The van der Waals surface area contributed by atoms with E-state index in [-0.39, 0.29) is 5.82 Å². The summed E-state index contributed by atoms with van der Waals surface area (Å²) < 4.78 is 12.9. The van der Waals surface area contributed by atoms with E-state index in [1.807, 2.05) is 6.07 Å². The van der Waals surface area contributed by atoms with Crippen LogP contribution in [0, 0.1) is 5.82 Å². The molecule has 0 radical (unpaired) electrons. The van der Waals surface area contributed by atoms with Crippen molar-refractivity contribution >= 4 is 17.4 Å². The molecule has 0 unspecified atom stereocenters. The highest BCUT2D eigenvalue weighted by Gasteiger charge is 2.33. The molecule has 1 heterocycles. The molecule has 0 spiro atoms. The lowest BCUT2D eigenvalue weighted by Gasteiger charge is -2.09. The number of likely N-dealkylation sites (N-methyl/N-ethyl adjacent to an activating group) is 1. The molecule has 0 bridgehead atoms. The van der Waals surface area contributed by atoms with Crippen LogP contribution in [0.15, 0.2) is 42.5 Å². The second kappa shape index (κ2) is 4.02. The van der Waals surface area contributed by atoms with E-state index >= 15 is 0 Å². The van der Waals surface area contributed by atoms with Crippen LogP contribution in [0.3, 0.4) is 0 Å². The maximum Gasteiger partial charge on any atom is 0.299 e. The predicted octanol–water partition coefficient (Wildman–Crippen LogP) is 2.65. The Balaban J connectivity index is 2.11. The number of ketones is 1. The molecule has 0 atom stereocenters. The van der Waals surface area contributed by atoms with Crippen LogP contribution in [0.5, 0.6) is 0 Å². The van der Waals surface area contributed by atoms with E-state index in [9.17, 15) is 14.0 Å². The van der Waals surface area contributed by atoms with Gasteiger partial charge in [-0.25, -0.2) is 4.39 Å². The minimum Gasteiger partial charge on any atom is -0.308 e. The van der Waals surface area contributed by atoms with Crippen molar-refractivity contribution in [2.24, 2.45) is 0 Å². The number of anilines is 1. The van der Waals surface area contributed by atoms with Gasteiger partial charge in [0.1, 0.15) is 5.82 Å². The van der Waals surface area contributed by atoms with Crippen LogP contribution in [0.25, 0.3) is 11.1 Å². The Hall–Kier alpha value is -2.49. The van der Waals surface area contributed by atoms with Crippen LogP contribution < -0.4 is 4.90 Å². The molecule has 2 aromatic carbocycles. The van der Waals surface area contributed by atoms with E-state index in [1.54, 1.807) is 31.3 Å². The van der Waals surface area contributed by atoms with Crippen LogP contribution in [-0.4, -0.2) is 18.7 Å². The average Bonchev–Trinajstić information content (AvgIpc) is 2.64. The quantitative estimate of drug-likeness (QED) is 0.735. The molecule has 0 saturated carbocycles. The van der Waals surface area contributed by atoms with E-state index < -0.39 is 11.7 Å². The maximum atomic E-state index is 12.9. The van der Waals surface area contributed by atoms with Gasteiger partial charge in [0.2, 0.25) is 0 Å². The van der Waals surface area contributed by atoms with Gasteiger partial charge < -0.3 is 4.90 Å². The number of hydrogen-bond donors (Lipinski definition) is 0. The summed E-state index contributed by atoms with van der Waals surface area (Å²) in [4.78, 5) is 24.7. The first-order valence-electron chi connectivity index (χ1n) is 5.80. The van der Waals surface area contributed by atoms with Gasteiger partial charge in [0.05, 0.1) is 11.3 Å².